The van der Waals surface area contributed by atoms with E-state index in [-0.39, 0.29) is 11.8 Å². The van der Waals surface area contributed by atoms with Crippen LogP contribution in [0.25, 0.3) is 0 Å². The van der Waals surface area contributed by atoms with E-state index in [1.165, 1.54) is 6.42 Å². The van der Waals surface area contributed by atoms with Gasteiger partial charge in [0.25, 0.3) is 0 Å². The molecule has 3 rings (SSSR count). The number of aliphatic imine (C=N–C) groups is 1. The number of ether oxygens (including phenoxy) is 1. The number of methoxy groups -OCH3 is 1. The molecule has 1 atom stereocenters. The summed E-state index contributed by atoms with van der Waals surface area (Å²) in [6, 6.07) is 8.51. The van der Waals surface area contributed by atoms with Crippen LogP contribution >= 0.6 is 0 Å². The Bertz CT molecular complexity index is 690. The number of hydrogen-bond acceptors (Lipinski definition) is 4. The van der Waals surface area contributed by atoms with Crippen molar-refractivity contribution in [3.63, 3.8) is 0 Å². The van der Waals surface area contributed by atoms with E-state index in [1.807, 2.05) is 18.2 Å². The minimum Gasteiger partial charge on any atom is -0.495 e. The van der Waals surface area contributed by atoms with Crippen molar-refractivity contribution in [1.29, 1.82) is 0 Å². The van der Waals surface area contributed by atoms with Crippen molar-refractivity contribution in [1.82, 2.24) is 16.0 Å². The number of rotatable bonds is 9. The SMILES string of the molecule is CCNC(=NCCCNC(=O)C1CCC1)NC1CCN(c2ccccc2OC)C1. The maximum Gasteiger partial charge on any atom is 0.223 e. The highest BCUT2D eigenvalue weighted by Gasteiger charge is 2.25. The third kappa shape index (κ3) is 6.02. The summed E-state index contributed by atoms with van der Waals surface area (Å²) in [4.78, 5) is 18.9. The lowest BCUT2D eigenvalue weighted by molar-refractivity contribution is -0.127. The van der Waals surface area contributed by atoms with E-state index in [0.717, 1.165) is 62.7 Å². The quantitative estimate of drug-likeness (QED) is 0.336. The number of carbonyl (C=O) groups excluding carboxylic acids is 1. The topological polar surface area (TPSA) is 78.0 Å². The lowest BCUT2D eigenvalue weighted by Gasteiger charge is -2.24. The van der Waals surface area contributed by atoms with Crippen molar-refractivity contribution in [3.05, 3.63) is 24.3 Å². The number of hydrogen-bond donors (Lipinski definition) is 3. The van der Waals surface area contributed by atoms with Gasteiger partial charge in [0.2, 0.25) is 5.91 Å². The minimum absolute atomic E-state index is 0.215. The zero-order valence-electron chi connectivity index (χ0n) is 17.7. The molecule has 7 heteroatoms. The van der Waals surface area contributed by atoms with Crippen molar-refractivity contribution in [3.8, 4) is 5.75 Å². The summed E-state index contributed by atoms with van der Waals surface area (Å²) in [6.45, 7) is 6.21. The standard InChI is InChI=1S/C22H35N5O2/c1-3-23-22(25-14-7-13-24-21(28)17-8-6-9-17)26-18-12-15-27(16-18)19-10-4-5-11-20(19)29-2/h4-5,10-11,17-18H,3,6-9,12-16H2,1-2H3,(H,24,28)(H2,23,25,26). The number of nitrogens with zero attached hydrogens (tertiary/aromatic N) is 2. The van der Waals surface area contributed by atoms with Gasteiger partial charge in [-0.25, -0.2) is 0 Å². The van der Waals surface area contributed by atoms with Crippen LogP contribution < -0.4 is 25.6 Å². The first kappa shape index (κ1) is 21.3. The van der Waals surface area contributed by atoms with Crippen LogP contribution in [-0.4, -0.2) is 57.7 Å². The monoisotopic (exact) mass is 401 g/mol. The predicted octanol–water partition coefficient (Wildman–Crippen LogP) is 2.14. The van der Waals surface area contributed by atoms with Crippen molar-refractivity contribution >= 4 is 17.6 Å². The van der Waals surface area contributed by atoms with Crippen LogP contribution in [0, 0.1) is 5.92 Å². The molecule has 160 valence electrons. The molecular weight excluding hydrogens is 366 g/mol. The molecule has 3 N–H and O–H groups in total. The fourth-order valence-corrected chi connectivity index (χ4v) is 3.80. The summed E-state index contributed by atoms with van der Waals surface area (Å²) in [5.74, 6) is 2.24. The third-order valence-electron chi connectivity index (χ3n) is 5.68. The van der Waals surface area contributed by atoms with Gasteiger partial charge >= 0.3 is 0 Å². The fraction of sp³-hybridized carbons (Fsp3) is 0.636. The average Bonchev–Trinajstić information content (AvgIpc) is 3.14. The van der Waals surface area contributed by atoms with E-state index in [2.05, 4.69) is 38.8 Å². The second kappa shape index (κ2) is 10.9. The Kier molecular flexibility index (Phi) is 8.02. The molecule has 1 aliphatic carbocycles. The first-order chi connectivity index (χ1) is 14.2. The summed E-state index contributed by atoms with van der Waals surface area (Å²) in [5.41, 5.74) is 1.14. The molecule has 1 aromatic carbocycles. The second-order valence-corrected chi connectivity index (χ2v) is 7.78. The van der Waals surface area contributed by atoms with E-state index in [1.54, 1.807) is 7.11 Å². The Morgan fingerprint density at radius 2 is 2.07 bits per heavy atom. The average molecular weight is 402 g/mol. The number of benzene rings is 1. The molecule has 1 aromatic rings. The van der Waals surface area contributed by atoms with Gasteiger partial charge in [-0.05, 0) is 44.7 Å². The van der Waals surface area contributed by atoms with Crippen LogP contribution in [0.5, 0.6) is 5.75 Å². The van der Waals surface area contributed by atoms with Crippen LogP contribution in [0.1, 0.15) is 39.0 Å². The molecule has 2 fully saturated rings. The Morgan fingerprint density at radius 1 is 1.24 bits per heavy atom. The molecule has 1 heterocycles. The first-order valence-electron chi connectivity index (χ1n) is 10.9. The molecule has 1 aliphatic heterocycles. The van der Waals surface area contributed by atoms with E-state index in [0.29, 0.717) is 19.1 Å². The van der Waals surface area contributed by atoms with Gasteiger partial charge in [-0.15, -0.1) is 0 Å². The Labute approximate surface area is 174 Å². The Balaban J connectivity index is 1.43. The Morgan fingerprint density at radius 3 is 2.79 bits per heavy atom. The van der Waals surface area contributed by atoms with Gasteiger partial charge in [-0.1, -0.05) is 18.6 Å². The first-order valence-corrected chi connectivity index (χ1v) is 10.9. The van der Waals surface area contributed by atoms with Crippen LogP contribution in [0.4, 0.5) is 5.69 Å². The van der Waals surface area contributed by atoms with Gasteiger partial charge in [-0.3, -0.25) is 9.79 Å². The smallest absolute Gasteiger partial charge is 0.223 e. The van der Waals surface area contributed by atoms with Gasteiger partial charge < -0.3 is 25.6 Å². The number of carbonyl (C=O) groups is 1. The van der Waals surface area contributed by atoms with Crippen LogP contribution in [0.3, 0.4) is 0 Å². The molecule has 0 bridgehead atoms. The molecule has 1 saturated heterocycles. The van der Waals surface area contributed by atoms with Crippen molar-refractivity contribution in [2.45, 2.75) is 45.1 Å². The zero-order chi connectivity index (χ0) is 20.5. The molecule has 1 saturated carbocycles. The highest BCUT2D eigenvalue weighted by molar-refractivity contribution is 5.80. The van der Waals surface area contributed by atoms with E-state index in [4.69, 9.17) is 4.74 Å². The van der Waals surface area contributed by atoms with Crippen molar-refractivity contribution in [2.24, 2.45) is 10.9 Å². The summed E-state index contributed by atoms with van der Waals surface area (Å²) < 4.78 is 5.50. The normalized spacial score (nSPS) is 19.6. The number of anilines is 1. The van der Waals surface area contributed by atoms with Gasteiger partial charge in [0, 0.05) is 44.7 Å². The molecule has 2 aliphatic rings. The maximum atomic E-state index is 11.9. The molecule has 0 aromatic heterocycles. The third-order valence-corrected chi connectivity index (χ3v) is 5.68. The number of para-hydroxylation sites is 2. The second-order valence-electron chi connectivity index (χ2n) is 7.78. The van der Waals surface area contributed by atoms with Gasteiger partial charge in [0.05, 0.1) is 12.8 Å². The van der Waals surface area contributed by atoms with Crippen molar-refractivity contribution in [2.75, 3.05) is 44.7 Å². The predicted molar refractivity (Wildman–Crippen MR) is 118 cm³/mol. The molecule has 0 radical (unpaired) electrons. The lowest BCUT2D eigenvalue weighted by Crippen LogP contribution is -2.44. The van der Waals surface area contributed by atoms with Gasteiger partial charge in [-0.2, -0.15) is 0 Å². The summed E-state index contributed by atoms with van der Waals surface area (Å²) in [7, 11) is 1.72. The van der Waals surface area contributed by atoms with E-state index >= 15 is 0 Å². The van der Waals surface area contributed by atoms with E-state index < -0.39 is 0 Å². The molecule has 29 heavy (non-hydrogen) atoms. The van der Waals surface area contributed by atoms with Gasteiger partial charge in [0.15, 0.2) is 5.96 Å². The number of guanidine groups is 1. The summed E-state index contributed by atoms with van der Waals surface area (Å²) in [6.07, 6.45) is 5.19. The minimum atomic E-state index is 0.215. The molecule has 0 spiro atoms. The number of nitrogens with one attached hydrogen (secondary N) is 3. The highest BCUT2D eigenvalue weighted by Crippen LogP contribution is 2.30. The maximum absolute atomic E-state index is 11.9. The van der Waals surface area contributed by atoms with Crippen LogP contribution in [0.15, 0.2) is 29.3 Å². The van der Waals surface area contributed by atoms with Gasteiger partial charge in [0.1, 0.15) is 5.75 Å². The molecule has 7 nitrogen and oxygen atoms in total. The summed E-state index contributed by atoms with van der Waals surface area (Å²) >= 11 is 0. The lowest BCUT2D eigenvalue weighted by atomic mass is 9.85. The highest BCUT2D eigenvalue weighted by atomic mass is 16.5. The van der Waals surface area contributed by atoms with Crippen molar-refractivity contribution < 1.29 is 9.53 Å². The van der Waals surface area contributed by atoms with Crippen LogP contribution in [0.2, 0.25) is 0 Å². The largest absolute Gasteiger partial charge is 0.495 e. The molecular formula is C22H35N5O2. The molecule has 1 amide bonds. The zero-order valence-corrected chi connectivity index (χ0v) is 17.7. The van der Waals surface area contributed by atoms with E-state index in [9.17, 15) is 4.79 Å². The molecule has 1 unspecified atom stereocenters. The fourth-order valence-electron chi connectivity index (χ4n) is 3.80. The Hall–Kier alpha value is -2.44. The number of amides is 1. The van der Waals surface area contributed by atoms with Crippen LogP contribution in [-0.2, 0) is 4.79 Å². The summed E-state index contributed by atoms with van der Waals surface area (Å²) in [5, 5.41) is 9.92.